The van der Waals surface area contributed by atoms with Crippen molar-refractivity contribution in [3.8, 4) is 5.75 Å². The number of carbonyl (C=O) groups is 1. The molecule has 26 heavy (non-hydrogen) atoms. The van der Waals surface area contributed by atoms with Gasteiger partial charge in [-0.25, -0.2) is 0 Å². The highest BCUT2D eigenvalue weighted by Gasteiger charge is 2.26. The highest BCUT2D eigenvalue weighted by Crippen LogP contribution is 2.24. The molecule has 0 spiro atoms. The number of piperazine rings is 1. The normalized spacial score (nSPS) is 15.7. The van der Waals surface area contributed by atoms with Gasteiger partial charge in [-0.05, 0) is 62.6 Å². The lowest BCUT2D eigenvalue weighted by molar-refractivity contribution is -0.138. The number of ether oxygens (including phenoxy) is 1. The molecule has 1 heterocycles. The maximum atomic E-state index is 12.7. The summed E-state index contributed by atoms with van der Waals surface area (Å²) in [4.78, 5) is 17.0. The van der Waals surface area contributed by atoms with E-state index >= 15 is 0 Å². The number of anilines is 1. The second-order valence-electron chi connectivity index (χ2n) is 7.11. The van der Waals surface area contributed by atoms with Crippen molar-refractivity contribution in [2.24, 2.45) is 0 Å². The first-order valence-electron chi connectivity index (χ1n) is 9.29. The van der Waals surface area contributed by atoms with E-state index in [4.69, 9.17) is 4.74 Å². The zero-order valence-corrected chi connectivity index (χ0v) is 16.2. The van der Waals surface area contributed by atoms with Gasteiger partial charge in [-0.1, -0.05) is 24.3 Å². The molecule has 138 valence electrons. The van der Waals surface area contributed by atoms with E-state index in [0.29, 0.717) is 0 Å². The van der Waals surface area contributed by atoms with E-state index in [1.165, 1.54) is 16.8 Å². The summed E-state index contributed by atoms with van der Waals surface area (Å²) in [6.45, 7) is 11.3. The number of rotatable bonds is 4. The highest BCUT2D eigenvalue weighted by molar-refractivity contribution is 5.81. The second kappa shape index (κ2) is 7.81. The fourth-order valence-electron chi connectivity index (χ4n) is 3.45. The van der Waals surface area contributed by atoms with Gasteiger partial charge in [0.2, 0.25) is 0 Å². The molecule has 2 aromatic rings. The van der Waals surface area contributed by atoms with Crippen LogP contribution < -0.4 is 9.64 Å². The Balaban J connectivity index is 1.58. The standard InChI is InChI=1S/C22H28N2O2/c1-16-7-5-9-20(15-16)26-19(4)22(25)24-13-11-23(12-14-24)21-10-6-8-17(2)18(21)3/h5-10,15,19H,11-14H2,1-4H3/t19-/m0/s1. The zero-order valence-electron chi connectivity index (χ0n) is 16.2. The number of aryl methyl sites for hydroxylation is 2. The van der Waals surface area contributed by atoms with Crippen LogP contribution in [0.25, 0.3) is 0 Å². The molecule has 0 N–H and O–H groups in total. The molecule has 0 saturated carbocycles. The van der Waals surface area contributed by atoms with Crippen LogP contribution in [0.5, 0.6) is 5.75 Å². The number of carbonyl (C=O) groups excluding carboxylic acids is 1. The van der Waals surface area contributed by atoms with Crippen molar-refractivity contribution >= 4 is 11.6 Å². The van der Waals surface area contributed by atoms with Crippen molar-refractivity contribution in [1.29, 1.82) is 0 Å². The maximum absolute atomic E-state index is 12.7. The molecule has 0 bridgehead atoms. The van der Waals surface area contributed by atoms with Crippen molar-refractivity contribution in [3.63, 3.8) is 0 Å². The third kappa shape index (κ3) is 4.01. The van der Waals surface area contributed by atoms with Gasteiger partial charge in [0.05, 0.1) is 0 Å². The number of nitrogens with zero attached hydrogens (tertiary/aromatic N) is 2. The molecule has 1 fully saturated rings. The van der Waals surface area contributed by atoms with Crippen molar-refractivity contribution in [2.45, 2.75) is 33.8 Å². The zero-order chi connectivity index (χ0) is 18.7. The molecule has 0 aromatic heterocycles. The first kappa shape index (κ1) is 18.3. The maximum Gasteiger partial charge on any atom is 0.263 e. The molecule has 1 atom stereocenters. The first-order chi connectivity index (χ1) is 12.5. The van der Waals surface area contributed by atoms with Crippen LogP contribution >= 0.6 is 0 Å². The Morgan fingerprint density at radius 2 is 1.69 bits per heavy atom. The van der Waals surface area contributed by atoms with E-state index in [2.05, 4.69) is 36.9 Å². The summed E-state index contributed by atoms with van der Waals surface area (Å²) in [5, 5.41) is 0. The third-order valence-electron chi connectivity index (χ3n) is 5.16. The van der Waals surface area contributed by atoms with Crippen molar-refractivity contribution < 1.29 is 9.53 Å². The lowest BCUT2D eigenvalue weighted by atomic mass is 10.1. The Kier molecular flexibility index (Phi) is 5.50. The molecule has 1 aliphatic heterocycles. The van der Waals surface area contributed by atoms with E-state index in [0.717, 1.165) is 37.5 Å². The van der Waals surface area contributed by atoms with E-state index in [1.807, 2.05) is 43.0 Å². The number of hydrogen-bond acceptors (Lipinski definition) is 3. The number of benzene rings is 2. The topological polar surface area (TPSA) is 32.8 Å². The van der Waals surface area contributed by atoms with Crippen LogP contribution in [0.4, 0.5) is 5.69 Å². The molecular weight excluding hydrogens is 324 g/mol. The third-order valence-corrected chi connectivity index (χ3v) is 5.16. The van der Waals surface area contributed by atoms with Crippen LogP contribution in [0, 0.1) is 20.8 Å². The van der Waals surface area contributed by atoms with Crippen molar-refractivity contribution in [2.75, 3.05) is 31.1 Å². The van der Waals surface area contributed by atoms with E-state index < -0.39 is 6.10 Å². The molecule has 1 aliphatic rings. The Morgan fingerprint density at radius 1 is 1.00 bits per heavy atom. The fraction of sp³-hybridized carbons (Fsp3) is 0.409. The molecule has 2 aromatic carbocycles. The quantitative estimate of drug-likeness (QED) is 0.841. The van der Waals surface area contributed by atoms with Gasteiger partial charge in [-0.2, -0.15) is 0 Å². The van der Waals surface area contributed by atoms with Crippen LogP contribution in [-0.2, 0) is 4.79 Å². The fourth-order valence-corrected chi connectivity index (χ4v) is 3.45. The molecule has 0 radical (unpaired) electrons. The lowest BCUT2D eigenvalue weighted by Gasteiger charge is -2.38. The van der Waals surface area contributed by atoms with Gasteiger partial charge in [0.15, 0.2) is 6.10 Å². The summed E-state index contributed by atoms with van der Waals surface area (Å²) in [6.07, 6.45) is -0.468. The Bertz CT molecular complexity index is 779. The average molecular weight is 352 g/mol. The minimum Gasteiger partial charge on any atom is -0.481 e. The van der Waals surface area contributed by atoms with Crippen LogP contribution in [0.3, 0.4) is 0 Å². The van der Waals surface area contributed by atoms with Gasteiger partial charge >= 0.3 is 0 Å². The first-order valence-corrected chi connectivity index (χ1v) is 9.29. The van der Waals surface area contributed by atoms with Gasteiger partial charge in [-0.15, -0.1) is 0 Å². The van der Waals surface area contributed by atoms with Crippen LogP contribution in [-0.4, -0.2) is 43.1 Å². The SMILES string of the molecule is Cc1cccc(O[C@@H](C)C(=O)N2CCN(c3cccc(C)c3C)CC2)c1. The average Bonchev–Trinajstić information content (AvgIpc) is 2.63. The van der Waals surface area contributed by atoms with Crippen LogP contribution in [0.15, 0.2) is 42.5 Å². The Morgan fingerprint density at radius 3 is 2.38 bits per heavy atom. The molecule has 1 saturated heterocycles. The summed E-state index contributed by atoms with van der Waals surface area (Å²) < 4.78 is 5.85. The monoisotopic (exact) mass is 352 g/mol. The summed E-state index contributed by atoms with van der Waals surface area (Å²) in [7, 11) is 0. The number of hydrogen-bond donors (Lipinski definition) is 0. The molecule has 3 rings (SSSR count). The van der Waals surface area contributed by atoms with Gasteiger partial charge in [0.25, 0.3) is 5.91 Å². The summed E-state index contributed by atoms with van der Waals surface area (Å²) >= 11 is 0. The molecule has 4 heteroatoms. The molecule has 4 nitrogen and oxygen atoms in total. The van der Waals surface area contributed by atoms with Gasteiger partial charge in [0, 0.05) is 31.9 Å². The van der Waals surface area contributed by atoms with Gasteiger partial charge in [-0.3, -0.25) is 4.79 Å². The smallest absolute Gasteiger partial charge is 0.263 e. The van der Waals surface area contributed by atoms with Gasteiger partial charge in [0.1, 0.15) is 5.75 Å². The minimum atomic E-state index is -0.468. The van der Waals surface area contributed by atoms with Crippen molar-refractivity contribution in [3.05, 3.63) is 59.2 Å². The van der Waals surface area contributed by atoms with Gasteiger partial charge < -0.3 is 14.5 Å². The van der Waals surface area contributed by atoms with E-state index in [1.54, 1.807) is 0 Å². The highest BCUT2D eigenvalue weighted by atomic mass is 16.5. The van der Waals surface area contributed by atoms with Crippen LogP contribution in [0.1, 0.15) is 23.6 Å². The number of amides is 1. The second-order valence-corrected chi connectivity index (χ2v) is 7.11. The molecule has 1 amide bonds. The Labute approximate surface area is 156 Å². The Hall–Kier alpha value is -2.49. The predicted molar refractivity (Wildman–Crippen MR) is 106 cm³/mol. The lowest BCUT2D eigenvalue weighted by Crippen LogP contribution is -2.52. The summed E-state index contributed by atoms with van der Waals surface area (Å²) in [5.74, 6) is 0.812. The molecule has 0 aliphatic carbocycles. The van der Waals surface area contributed by atoms with Crippen molar-refractivity contribution in [1.82, 2.24) is 4.90 Å². The van der Waals surface area contributed by atoms with E-state index in [9.17, 15) is 4.79 Å². The molecular formula is C22H28N2O2. The largest absolute Gasteiger partial charge is 0.481 e. The van der Waals surface area contributed by atoms with Crippen LogP contribution in [0.2, 0.25) is 0 Å². The minimum absolute atomic E-state index is 0.0621. The predicted octanol–water partition coefficient (Wildman–Crippen LogP) is 3.73. The summed E-state index contributed by atoms with van der Waals surface area (Å²) in [6, 6.07) is 14.2. The summed E-state index contributed by atoms with van der Waals surface area (Å²) in [5.41, 5.74) is 5.04. The van der Waals surface area contributed by atoms with E-state index in [-0.39, 0.29) is 5.91 Å². The molecule has 0 unspecified atom stereocenters.